The standard InChI is InChI=1S/C16H15N3O/c17-8-9-1-4-14-12(5-9)13-6-11(7-15(13)19-14)18-16(20)10-2-3-10/h1,4-5,10-11,19H,2-3,6-7H2,(H,18,20)/t11-/m0/s1. The highest BCUT2D eigenvalue weighted by Gasteiger charge is 2.33. The molecule has 4 heteroatoms. The molecule has 2 N–H and O–H groups in total. The van der Waals surface area contributed by atoms with Crippen molar-refractivity contribution >= 4 is 16.8 Å². The maximum absolute atomic E-state index is 11.8. The number of aromatic nitrogens is 1. The largest absolute Gasteiger partial charge is 0.358 e. The Hall–Kier alpha value is -2.28. The first-order valence-electron chi connectivity index (χ1n) is 7.08. The van der Waals surface area contributed by atoms with E-state index >= 15 is 0 Å². The first kappa shape index (κ1) is 11.5. The highest BCUT2D eigenvalue weighted by Crippen LogP contribution is 2.32. The molecular formula is C16H15N3O. The van der Waals surface area contributed by atoms with Crippen LogP contribution in [-0.4, -0.2) is 16.9 Å². The van der Waals surface area contributed by atoms with Crippen LogP contribution in [0.25, 0.3) is 10.9 Å². The lowest BCUT2D eigenvalue weighted by atomic mass is 10.1. The molecule has 0 saturated heterocycles. The number of hydrogen-bond donors (Lipinski definition) is 2. The number of hydrogen-bond acceptors (Lipinski definition) is 2. The molecule has 0 unspecified atom stereocenters. The Bertz CT molecular complexity index is 749. The molecule has 0 aliphatic heterocycles. The summed E-state index contributed by atoms with van der Waals surface area (Å²) >= 11 is 0. The molecule has 2 aliphatic rings. The Morgan fingerprint density at radius 1 is 1.35 bits per heavy atom. The number of rotatable bonds is 2. The van der Waals surface area contributed by atoms with Gasteiger partial charge in [-0.05, 0) is 43.0 Å². The van der Waals surface area contributed by atoms with Gasteiger partial charge in [0.25, 0.3) is 0 Å². The Morgan fingerprint density at radius 3 is 2.95 bits per heavy atom. The van der Waals surface area contributed by atoms with Gasteiger partial charge in [0.15, 0.2) is 0 Å². The molecule has 0 radical (unpaired) electrons. The van der Waals surface area contributed by atoms with Crippen molar-refractivity contribution in [2.75, 3.05) is 0 Å². The fourth-order valence-corrected chi connectivity index (χ4v) is 3.11. The molecular weight excluding hydrogens is 250 g/mol. The van der Waals surface area contributed by atoms with E-state index in [1.165, 1.54) is 11.3 Å². The minimum Gasteiger partial charge on any atom is -0.358 e. The van der Waals surface area contributed by atoms with Crippen LogP contribution in [0.15, 0.2) is 18.2 Å². The number of H-pyrrole nitrogens is 1. The third-order valence-electron chi connectivity index (χ3n) is 4.32. The van der Waals surface area contributed by atoms with Crippen molar-refractivity contribution in [1.29, 1.82) is 5.26 Å². The fraction of sp³-hybridized carbons (Fsp3) is 0.375. The summed E-state index contributed by atoms with van der Waals surface area (Å²) in [6.45, 7) is 0. The van der Waals surface area contributed by atoms with E-state index in [0.29, 0.717) is 5.56 Å². The van der Waals surface area contributed by atoms with Crippen molar-refractivity contribution in [3.8, 4) is 6.07 Å². The molecule has 100 valence electrons. The summed E-state index contributed by atoms with van der Waals surface area (Å²) in [4.78, 5) is 15.2. The smallest absolute Gasteiger partial charge is 0.223 e. The third-order valence-corrected chi connectivity index (χ3v) is 4.32. The fourth-order valence-electron chi connectivity index (χ4n) is 3.11. The molecule has 1 atom stereocenters. The maximum Gasteiger partial charge on any atom is 0.223 e. The van der Waals surface area contributed by atoms with Crippen molar-refractivity contribution in [2.45, 2.75) is 31.7 Å². The van der Waals surface area contributed by atoms with Gasteiger partial charge in [-0.1, -0.05) is 0 Å². The van der Waals surface area contributed by atoms with Gasteiger partial charge in [0.1, 0.15) is 0 Å². The average molecular weight is 265 g/mol. The van der Waals surface area contributed by atoms with Gasteiger partial charge in [-0.3, -0.25) is 4.79 Å². The number of nitrogens with one attached hydrogen (secondary N) is 2. The van der Waals surface area contributed by atoms with Gasteiger partial charge in [-0.2, -0.15) is 5.26 Å². The summed E-state index contributed by atoms with van der Waals surface area (Å²) in [6.07, 6.45) is 3.81. The maximum atomic E-state index is 11.8. The molecule has 1 aromatic carbocycles. The molecule has 1 saturated carbocycles. The molecule has 1 heterocycles. The topological polar surface area (TPSA) is 68.7 Å². The number of carbonyl (C=O) groups excluding carboxylic acids is 1. The van der Waals surface area contributed by atoms with Crippen molar-refractivity contribution in [3.63, 3.8) is 0 Å². The summed E-state index contributed by atoms with van der Waals surface area (Å²) in [6, 6.07) is 8.13. The van der Waals surface area contributed by atoms with Crippen LogP contribution in [0.5, 0.6) is 0 Å². The minimum absolute atomic E-state index is 0.208. The molecule has 2 aliphatic carbocycles. The Labute approximate surface area is 116 Å². The number of nitrogens with zero attached hydrogens (tertiary/aromatic N) is 1. The number of nitriles is 1. The molecule has 1 fully saturated rings. The van der Waals surface area contributed by atoms with Gasteiger partial charge in [0.2, 0.25) is 5.91 Å². The first-order valence-corrected chi connectivity index (χ1v) is 7.08. The predicted molar refractivity (Wildman–Crippen MR) is 75.1 cm³/mol. The number of aromatic amines is 1. The monoisotopic (exact) mass is 265 g/mol. The van der Waals surface area contributed by atoms with Gasteiger partial charge < -0.3 is 10.3 Å². The van der Waals surface area contributed by atoms with Gasteiger partial charge >= 0.3 is 0 Å². The van der Waals surface area contributed by atoms with Crippen molar-refractivity contribution in [3.05, 3.63) is 35.0 Å². The third kappa shape index (κ3) is 1.78. The quantitative estimate of drug-likeness (QED) is 0.872. The van der Waals surface area contributed by atoms with E-state index < -0.39 is 0 Å². The van der Waals surface area contributed by atoms with Gasteiger partial charge in [-0.25, -0.2) is 0 Å². The number of amides is 1. The summed E-state index contributed by atoms with van der Waals surface area (Å²) in [5.41, 5.74) is 4.24. The molecule has 20 heavy (non-hydrogen) atoms. The second-order valence-corrected chi connectivity index (χ2v) is 5.84. The summed E-state index contributed by atoms with van der Waals surface area (Å²) in [5, 5.41) is 13.3. The zero-order valence-corrected chi connectivity index (χ0v) is 11.1. The summed E-state index contributed by atoms with van der Waals surface area (Å²) in [7, 11) is 0. The number of benzene rings is 1. The van der Waals surface area contributed by atoms with Crippen LogP contribution in [0.3, 0.4) is 0 Å². The lowest BCUT2D eigenvalue weighted by Crippen LogP contribution is -2.36. The lowest BCUT2D eigenvalue weighted by Gasteiger charge is -2.11. The van der Waals surface area contributed by atoms with Crippen LogP contribution in [0, 0.1) is 17.2 Å². The lowest BCUT2D eigenvalue weighted by molar-refractivity contribution is -0.122. The van der Waals surface area contributed by atoms with E-state index in [1.54, 1.807) is 0 Å². The van der Waals surface area contributed by atoms with Gasteiger partial charge in [0, 0.05) is 35.0 Å². The van der Waals surface area contributed by atoms with E-state index in [1.807, 2.05) is 18.2 Å². The molecule has 4 nitrogen and oxygen atoms in total. The number of carbonyl (C=O) groups is 1. The van der Waals surface area contributed by atoms with Crippen LogP contribution >= 0.6 is 0 Å². The zero-order valence-electron chi connectivity index (χ0n) is 11.1. The van der Waals surface area contributed by atoms with E-state index in [9.17, 15) is 4.79 Å². The van der Waals surface area contributed by atoms with Crippen LogP contribution < -0.4 is 5.32 Å². The van der Waals surface area contributed by atoms with Crippen molar-refractivity contribution in [2.24, 2.45) is 5.92 Å². The Kier molecular flexibility index (Phi) is 2.37. The highest BCUT2D eigenvalue weighted by molar-refractivity contribution is 5.87. The average Bonchev–Trinajstić information content (AvgIpc) is 3.15. The molecule has 1 aromatic heterocycles. The Balaban J connectivity index is 1.61. The van der Waals surface area contributed by atoms with Crippen LogP contribution in [0.1, 0.15) is 29.7 Å². The van der Waals surface area contributed by atoms with E-state index in [-0.39, 0.29) is 17.9 Å². The SMILES string of the molecule is N#Cc1ccc2[nH]c3c(c2c1)C[C@H](NC(=O)C1CC1)C3. The first-order chi connectivity index (χ1) is 9.74. The van der Waals surface area contributed by atoms with E-state index in [4.69, 9.17) is 5.26 Å². The van der Waals surface area contributed by atoms with Crippen LogP contribution in [0.2, 0.25) is 0 Å². The van der Waals surface area contributed by atoms with Gasteiger partial charge in [-0.15, -0.1) is 0 Å². The molecule has 0 bridgehead atoms. The van der Waals surface area contributed by atoms with Crippen molar-refractivity contribution < 1.29 is 4.79 Å². The second kappa shape index (κ2) is 4.11. The minimum atomic E-state index is 0.208. The van der Waals surface area contributed by atoms with Crippen molar-refractivity contribution in [1.82, 2.24) is 10.3 Å². The normalized spacial score (nSPS) is 20.6. The summed E-state index contributed by atoms with van der Waals surface area (Å²) in [5.74, 6) is 0.470. The zero-order chi connectivity index (χ0) is 13.7. The molecule has 1 amide bonds. The highest BCUT2D eigenvalue weighted by atomic mass is 16.2. The van der Waals surface area contributed by atoms with E-state index in [0.717, 1.165) is 36.6 Å². The number of fused-ring (bicyclic) bond motifs is 3. The Morgan fingerprint density at radius 2 is 2.20 bits per heavy atom. The summed E-state index contributed by atoms with van der Waals surface area (Å²) < 4.78 is 0. The van der Waals surface area contributed by atoms with Gasteiger partial charge in [0.05, 0.1) is 11.6 Å². The second-order valence-electron chi connectivity index (χ2n) is 5.84. The van der Waals surface area contributed by atoms with Crippen LogP contribution in [0.4, 0.5) is 0 Å². The molecule has 0 spiro atoms. The van der Waals surface area contributed by atoms with E-state index in [2.05, 4.69) is 16.4 Å². The predicted octanol–water partition coefficient (Wildman–Crippen LogP) is 2.03. The molecule has 2 aromatic rings. The molecule has 4 rings (SSSR count). The van der Waals surface area contributed by atoms with Crippen LogP contribution in [-0.2, 0) is 17.6 Å².